The number of aromatic nitrogens is 2. The van der Waals surface area contributed by atoms with Gasteiger partial charge in [0, 0.05) is 33.0 Å². The minimum Gasteiger partial charge on any atom is -0.337 e. The first-order chi connectivity index (χ1) is 9.94. The molecule has 114 valence electrons. The van der Waals surface area contributed by atoms with Crippen LogP contribution < -0.4 is 5.73 Å². The van der Waals surface area contributed by atoms with Crippen molar-refractivity contribution in [3.63, 3.8) is 0 Å². The molecule has 0 saturated carbocycles. The van der Waals surface area contributed by atoms with Gasteiger partial charge in [-0.3, -0.25) is 0 Å². The molecule has 2 N–H and O–H groups in total. The van der Waals surface area contributed by atoms with E-state index in [1.807, 2.05) is 25.2 Å². The summed E-state index contributed by atoms with van der Waals surface area (Å²) in [5.74, 6) is 0.648. The van der Waals surface area contributed by atoms with Gasteiger partial charge >= 0.3 is 0 Å². The summed E-state index contributed by atoms with van der Waals surface area (Å²) >= 11 is 0. The van der Waals surface area contributed by atoms with Crippen molar-refractivity contribution in [2.45, 2.75) is 18.8 Å². The van der Waals surface area contributed by atoms with Gasteiger partial charge in [0.25, 0.3) is 0 Å². The highest BCUT2D eigenvalue weighted by Crippen LogP contribution is 2.15. The molecule has 0 saturated heterocycles. The number of aryl methyl sites for hydroxylation is 1. The summed E-state index contributed by atoms with van der Waals surface area (Å²) in [6.45, 7) is 0.575. The summed E-state index contributed by atoms with van der Waals surface area (Å²) in [4.78, 5) is 4.15. The van der Waals surface area contributed by atoms with E-state index in [-0.39, 0.29) is 12.3 Å². The van der Waals surface area contributed by atoms with Crippen LogP contribution in [0.15, 0.2) is 36.7 Å². The lowest BCUT2D eigenvalue weighted by Gasteiger charge is -2.18. The van der Waals surface area contributed by atoms with Crippen LogP contribution in [-0.4, -0.2) is 29.3 Å². The fraction of sp³-hybridized carbons (Fsp3) is 0.357. The van der Waals surface area contributed by atoms with Gasteiger partial charge < -0.3 is 10.3 Å². The van der Waals surface area contributed by atoms with E-state index in [1.54, 1.807) is 30.1 Å². The average molecular weight is 308 g/mol. The van der Waals surface area contributed by atoms with Crippen LogP contribution in [0.1, 0.15) is 17.0 Å². The first-order valence-electron chi connectivity index (χ1n) is 6.61. The van der Waals surface area contributed by atoms with Crippen LogP contribution >= 0.6 is 0 Å². The van der Waals surface area contributed by atoms with Crippen molar-refractivity contribution in [2.75, 3.05) is 7.05 Å². The molecule has 1 aromatic heterocycles. The van der Waals surface area contributed by atoms with Crippen LogP contribution in [-0.2, 0) is 35.9 Å². The molecule has 21 heavy (non-hydrogen) atoms. The van der Waals surface area contributed by atoms with Gasteiger partial charge in [0.1, 0.15) is 5.82 Å². The highest BCUT2D eigenvalue weighted by molar-refractivity contribution is 7.88. The fourth-order valence-electron chi connectivity index (χ4n) is 2.05. The summed E-state index contributed by atoms with van der Waals surface area (Å²) < 4.78 is 28.0. The van der Waals surface area contributed by atoms with E-state index in [1.165, 1.54) is 4.31 Å². The SMILES string of the molecule is CN(Cc1nccn1C)S(=O)(=O)Cc1ccccc1CN. The molecule has 2 aromatic rings. The summed E-state index contributed by atoms with van der Waals surface area (Å²) in [5, 5.41) is 0. The van der Waals surface area contributed by atoms with Crippen LogP contribution in [0.5, 0.6) is 0 Å². The molecule has 6 nitrogen and oxygen atoms in total. The minimum atomic E-state index is -3.41. The quantitative estimate of drug-likeness (QED) is 0.857. The van der Waals surface area contributed by atoms with Gasteiger partial charge in [-0.05, 0) is 11.1 Å². The van der Waals surface area contributed by atoms with Gasteiger partial charge in [0.2, 0.25) is 10.0 Å². The van der Waals surface area contributed by atoms with Crippen LogP contribution in [0.4, 0.5) is 0 Å². The van der Waals surface area contributed by atoms with Crippen molar-refractivity contribution in [1.82, 2.24) is 13.9 Å². The molecule has 0 aliphatic rings. The Morgan fingerprint density at radius 2 is 1.95 bits per heavy atom. The maximum absolute atomic E-state index is 12.5. The zero-order valence-corrected chi connectivity index (χ0v) is 13.0. The molecule has 0 spiro atoms. The van der Waals surface area contributed by atoms with E-state index < -0.39 is 10.0 Å². The topological polar surface area (TPSA) is 81.2 Å². The molecule has 0 unspecified atom stereocenters. The molecule has 0 radical (unpaired) electrons. The van der Waals surface area contributed by atoms with Gasteiger partial charge in [0.05, 0.1) is 12.3 Å². The Kier molecular flexibility index (Phi) is 4.76. The molecular formula is C14H20N4O2S. The van der Waals surface area contributed by atoms with Crippen LogP contribution in [0.2, 0.25) is 0 Å². The molecule has 0 bridgehead atoms. The van der Waals surface area contributed by atoms with Crippen molar-refractivity contribution in [3.8, 4) is 0 Å². The Morgan fingerprint density at radius 3 is 2.52 bits per heavy atom. The Bertz CT molecular complexity index is 709. The third-order valence-electron chi connectivity index (χ3n) is 3.44. The molecular weight excluding hydrogens is 288 g/mol. The molecule has 7 heteroatoms. The van der Waals surface area contributed by atoms with Crippen molar-refractivity contribution < 1.29 is 8.42 Å². The highest BCUT2D eigenvalue weighted by Gasteiger charge is 2.21. The molecule has 0 fully saturated rings. The third-order valence-corrected chi connectivity index (χ3v) is 5.19. The van der Waals surface area contributed by atoms with E-state index in [2.05, 4.69) is 4.98 Å². The Hall–Kier alpha value is -1.70. The predicted octanol–water partition coefficient (Wildman–Crippen LogP) is 0.841. The number of rotatable bonds is 6. The van der Waals surface area contributed by atoms with E-state index in [0.717, 1.165) is 11.1 Å². The largest absolute Gasteiger partial charge is 0.337 e. The molecule has 0 aliphatic heterocycles. The molecule has 0 amide bonds. The summed E-state index contributed by atoms with van der Waals surface area (Å²) in [5.41, 5.74) is 7.25. The predicted molar refractivity (Wildman–Crippen MR) is 81.6 cm³/mol. The zero-order valence-electron chi connectivity index (χ0n) is 12.2. The van der Waals surface area contributed by atoms with Gasteiger partial charge in [-0.25, -0.2) is 13.4 Å². The smallest absolute Gasteiger partial charge is 0.218 e. The second kappa shape index (κ2) is 6.38. The molecule has 1 aromatic carbocycles. The van der Waals surface area contributed by atoms with E-state index >= 15 is 0 Å². The zero-order chi connectivity index (χ0) is 15.5. The monoisotopic (exact) mass is 308 g/mol. The molecule has 0 aliphatic carbocycles. The highest BCUT2D eigenvalue weighted by atomic mass is 32.2. The Morgan fingerprint density at radius 1 is 1.29 bits per heavy atom. The summed E-state index contributed by atoms with van der Waals surface area (Å²) in [7, 11) is -0.00998. The number of sulfonamides is 1. The lowest BCUT2D eigenvalue weighted by atomic mass is 10.1. The number of nitrogens with two attached hydrogens (primary N) is 1. The Labute approximate surface area is 125 Å². The number of imidazole rings is 1. The van der Waals surface area contributed by atoms with Crippen molar-refractivity contribution >= 4 is 10.0 Å². The van der Waals surface area contributed by atoms with Crippen LogP contribution in [0.25, 0.3) is 0 Å². The van der Waals surface area contributed by atoms with Crippen molar-refractivity contribution in [1.29, 1.82) is 0 Å². The van der Waals surface area contributed by atoms with Crippen molar-refractivity contribution in [2.24, 2.45) is 12.8 Å². The lowest BCUT2D eigenvalue weighted by molar-refractivity contribution is 0.450. The molecule has 2 rings (SSSR count). The summed E-state index contributed by atoms with van der Waals surface area (Å²) in [6, 6.07) is 7.33. The fourth-order valence-corrected chi connectivity index (χ4v) is 3.26. The number of benzene rings is 1. The second-order valence-electron chi connectivity index (χ2n) is 4.94. The first kappa shape index (κ1) is 15.7. The normalized spacial score (nSPS) is 12.0. The minimum absolute atomic E-state index is 0.0543. The average Bonchev–Trinajstić information content (AvgIpc) is 2.84. The van der Waals surface area contributed by atoms with Crippen LogP contribution in [0.3, 0.4) is 0 Å². The van der Waals surface area contributed by atoms with Gasteiger partial charge in [-0.15, -0.1) is 0 Å². The second-order valence-corrected chi connectivity index (χ2v) is 7.02. The number of hydrogen-bond acceptors (Lipinski definition) is 4. The number of nitrogens with zero attached hydrogens (tertiary/aromatic N) is 3. The standard InChI is InChI=1S/C14H20N4O2S/c1-17-8-7-16-14(17)10-18(2)21(19,20)11-13-6-4-3-5-12(13)9-15/h3-8H,9-11,15H2,1-2H3. The van der Waals surface area contributed by atoms with Crippen LogP contribution in [0, 0.1) is 0 Å². The first-order valence-corrected chi connectivity index (χ1v) is 8.22. The van der Waals surface area contributed by atoms with Gasteiger partial charge in [-0.2, -0.15) is 4.31 Å². The number of hydrogen-bond donors (Lipinski definition) is 1. The molecule has 1 heterocycles. The maximum Gasteiger partial charge on any atom is 0.218 e. The van der Waals surface area contributed by atoms with Gasteiger partial charge in [-0.1, -0.05) is 24.3 Å². The maximum atomic E-state index is 12.5. The lowest BCUT2D eigenvalue weighted by Crippen LogP contribution is -2.29. The third kappa shape index (κ3) is 3.69. The van der Waals surface area contributed by atoms with Gasteiger partial charge in [0.15, 0.2) is 0 Å². The molecule has 0 atom stereocenters. The summed E-state index contributed by atoms with van der Waals surface area (Å²) in [6.07, 6.45) is 3.44. The van der Waals surface area contributed by atoms with E-state index in [9.17, 15) is 8.42 Å². The van der Waals surface area contributed by atoms with E-state index in [4.69, 9.17) is 5.73 Å². The van der Waals surface area contributed by atoms with E-state index in [0.29, 0.717) is 12.4 Å². The Balaban J connectivity index is 2.16. The van der Waals surface area contributed by atoms with Crippen molar-refractivity contribution in [3.05, 3.63) is 53.6 Å².